The number of ether oxygens (including phenoxy) is 1. The van der Waals surface area contributed by atoms with Gasteiger partial charge in [-0.2, -0.15) is 0 Å². The van der Waals surface area contributed by atoms with Gasteiger partial charge < -0.3 is 20.5 Å². The van der Waals surface area contributed by atoms with Gasteiger partial charge in [-0.15, -0.1) is 0 Å². The molecule has 1 fully saturated rings. The highest BCUT2D eigenvalue weighted by atomic mass is 16.5. The zero-order valence-corrected chi connectivity index (χ0v) is 17.2. The fourth-order valence-corrected chi connectivity index (χ4v) is 4.66. The Kier molecular flexibility index (Phi) is 6.21. The molecule has 7 nitrogen and oxygen atoms in total. The van der Waals surface area contributed by atoms with E-state index in [2.05, 4.69) is 34.9 Å². The van der Waals surface area contributed by atoms with Gasteiger partial charge in [0.05, 0.1) is 12.3 Å². The van der Waals surface area contributed by atoms with Gasteiger partial charge in [0, 0.05) is 18.5 Å². The molecule has 3 N–H and O–H groups in total. The minimum atomic E-state index is -0.958. The van der Waals surface area contributed by atoms with Gasteiger partial charge in [-0.1, -0.05) is 55.0 Å². The predicted molar refractivity (Wildman–Crippen MR) is 115 cm³/mol. The molecule has 0 radical (unpaired) electrons. The lowest BCUT2D eigenvalue weighted by Gasteiger charge is -2.21. The normalized spacial score (nSPS) is 19.4. The third-order valence-electron chi connectivity index (χ3n) is 6.14. The first-order valence-electron chi connectivity index (χ1n) is 10.7. The molecular formula is C24H26N2O5. The van der Waals surface area contributed by atoms with Crippen molar-refractivity contribution in [3.8, 4) is 11.1 Å². The molecule has 0 aromatic heterocycles. The Labute approximate surface area is 180 Å². The molecule has 0 bridgehead atoms. The molecule has 2 atom stereocenters. The Hall–Kier alpha value is -3.35. The number of carboxylic acids is 1. The molecule has 2 aliphatic rings. The van der Waals surface area contributed by atoms with E-state index >= 15 is 0 Å². The van der Waals surface area contributed by atoms with E-state index in [1.54, 1.807) is 0 Å². The van der Waals surface area contributed by atoms with Crippen molar-refractivity contribution in [3.63, 3.8) is 0 Å². The monoisotopic (exact) mass is 422 g/mol. The van der Waals surface area contributed by atoms with E-state index in [9.17, 15) is 14.4 Å². The van der Waals surface area contributed by atoms with Crippen molar-refractivity contribution in [2.75, 3.05) is 13.2 Å². The number of alkyl carbamates (subject to hydrolysis) is 1. The molecule has 2 aromatic carbocycles. The molecule has 4 rings (SSSR count). The fraction of sp³-hybridized carbons (Fsp3) is 0.375. The van der Waals surface area contributed by atoms with Crippen LogP contribution in [-0.2, 0) is 14.3 Å². The highest BCUT2D eigenvalue weighted by Gasteiger charge is 2.35. The number of rotatable bonds is 7. The van der Waals surface area contributed by atoms with Crippen LogP contribution < -0.4 is 10.6 Å². The van der Waals surface area contributed by atoms with Crippen LogP contribution in [0.3, 0.4) is 0 Å². The number of benzene rings is 2. The minimum absolute atomic E-state index is 0.0168. The Bertz CT molecular complexity index is 944. The maximum absolute atomic E-state index is 12.5. The van der Waals surface area contributed by atoms with Crippen molar-refractivity contribution in [1.29, 1.82) is 0 Å². The third-order valence-corrected chi connectivity index (χ3v) is 6.14. The summed E-state index contributed by atoms with van der Waals surface area (Å²) in [5.41, 5.74) is 4.63. The van der Waals surface area contributed by atoms with Gasteiger partial charge in [0.15, 0.2) is 0 Å². The Morgan fingerprint density at radius 2 is 1.61 bits per heavy atom. The van der Waals surface area contributed by atoms with Crippen LogP contribution in [0.1, 0.15) is 42.7 Å². The third kappa shape index (κ3) is 4.55. The summed E-state index contributed by atoms with van der Waals surface area (Å²) in [7, 11) is 0. The zero-order chi connectivity index (χ0) is 21.8. The topological polar surface area (TPSA) is 105 Å². The van der Waals surface area contributed by atoms with Crippen LogP contribution in [0.4, 0.5) is 4.79 Å². The SMILES string of the molecule is O=C(O)CCNC(=O)[C@H]1CCC[C@H]1NC(=O)OCC1c2ccccc2-c2ccccc21. The Balaban J connectivity index is 1.34. The number of aliphatic carboxylic acids is 1. The molecular weight excluding hydrogens is 396 g/mol. The largest absolute Gasteiger partial charge is 0.481 e. The first-order valence-corrected chi connectivity index (χ1v) is 10.7. The van der Waals surface area contributed by atoms with Gasteiger partial charge in [-0.3, -0.25) is 9.59 Å². The molecule has 1 saturated carbocycles. The standard InChI is InChI=1S/C24H26N2O5/c27-22(28)12-13-25-23(29)19-10-5-11-21(19)26-24(30)31-14-20-17-8-3-1-6-15(17)16-7-2-4-9-18(16)20/h1-4,6-9,19-21H,5,10-14H2,(H,25,29)(H,26,30)(H,27,28)/t19-,21+/m0/s1. The molecule has 7 heteroatoms. The molecule has 162 valence electrons. The van der Waals surface area contributed by atoms with Gasteiger partial charge in [0.2, 0.25) is 5.91 Å². The number of fused-ring (bicyclic) bond motifs is 3. The van der Waals surface area contributed by atoms with Gasteiger partial charge in [-0.05, 0) is 35.1 Å². The first-order chi connectivity index (χ1) is 15.0. The van der Waals surface area contributed by atoms with Crippen molar-refractivity contribution >= 4 is 18.0 Å². The van der Waals surface area contributed by atoms with Crippen LogP contribution in [-0.4, -0.2) is 42.3 Å². The zero-order valence-electron chi connectivity index (χ0n) is 17.2. The molecule has 2 amide bonds. The molecule has 2 aliphatic carbocycles. The van der Waals surface area contributed by atoms with E-state index in [-0.39, 0.29) is 43.4 Å². The summed E-state index contributed by atoms with van der Waals surface area (Å²) in [5.74, 6) is -1.56. The second-order valence-electron chi connectivity index (χ2n) is 8.05. The highest BCUT2D eigenvalue weighted by molar-refractivity contribution is 5.81. The minimum Gasteiger partial charge on any atom is -0.481 e. The summed E-state index contributed by atoms with van der Waals surface area (Å²) in [6.07, 6.45) is 1.53. The molecule has 0 heterocycles. The summed E-state index contributed by atoms with van der Waals surface area (Å²) in [5, 5.41) is 14.2. The summed E-state index contributed by atoms with van der Waals surface area (Å²) >= 11 is 0. The van der Waals surface area contributed by atoms with E-state index in [4.69, 9.17) is 9.84 Å². The van der Waals surface area contributed by atoms with E-state index < -0.39 is 12.1 Å². The number of carbonyl (C=O) groups is 3. The summed E-state index contributed by atoms with van der Waals surface area (Å²) in [6.45, 7) is 0.310. The van der Waals surface area contributed by atoms with Crippen molar-refractivity contribution in [2.24, 2.45) is 5.92 Å². The van der Waals surface area contributed by atoms with Crippen LogP contribution in [0.2, 0.25) is 0 Å². The number of carboxylic acid groups (broad SMARTS) is 1. The second kappa shape index (κ2) is 9.20. The number of hydrogen-bond acceptors (Lipinski definition) is 4. The average molecular weight is 422 g/mol. The van der Waals surface area contributed by atoms with E-state index in [0.29, 0.717) is 12.8 Å². The summed E-state index contributed by atoms with van der Waals surface area (Å²) in [4.78, 5) is 35.5. The number of nitrogens with one attached hydrogen (secondary N) is 2. The highest BCUT2D eigenvalue weighted by Crippen LogP contribution is 2.44. The summed E-state index contributed by atoms with van der Waals surface area (Å²) < 4.78 is 5.58. The smallest absolute Gasteiger partial charge is 0.407 e. The van der Waals surface area contributed by atoms with Gasteiger partial charge >= 0.3 is 12.1 Å². The Morgan fingerprint density at radius 3 is 2.26 bits per heavy atom. The molecule has 2 aromatic rings. The first kappa shape index (κ1) is 20.9. The molecule has 0 aliphatic heterocycles. The van der Waals surface area contributed by atoms with Crippen LogP contribution in [0.25, 0.3) is 11.1 Å². The number of hydrogen-bond donors (Lipinski definition) is 3. The molecule has 0 saturated heterocycles. The van der Waals surface area contributed by atoms with Crippen molar-refractivity contribution < 1.29 is 24.2 Å². The maximum atomic E-state index is 12.5. The van der Waals surface area contributed by atoms with Crippen molar-refractivity contribution in [3.05, 3.63) is 59.7 Å². The van der Waals surface area contributed by atoms with Crippen LogP contribution in [0.5, 0.6) is 0 Å². The second-order valence-corrected chi connectivity index (χ2v) is 8.05. The van der Waals surface area contributed by atoms with E-state index in [0.717, 1.165) is 17.5 Å². The summed E-state index contributed by atoms with van der Waals surface area (Å²) in [6, 6.07) is 16.0. The molecule has 0 spiro atoms. The lowest BCUT2D eigenvalue weighted by molar-refractivity contribution is -0.137. The van der Waals surface area contributed by atoms with Crippen LogP contribution in [0.15, 0.2) is 48.5 Å². The van der Waals surface area contributed by atoms with E-state index in [1.807, 2.05) is 24.3 Å². The van der Waals surface area contributed by atoms with E-state index in [1.165, 1.54) is 11.1 Å². The van der Waals surface area contributed by atoms with Gasteiger partial charge in [0.1, 0.15) is 6.61 Å². The fourth-order valence-electron chi connectivity index (χ4n) is 4.66. The average Bonchev–Trinajstić information content (AvgIpc) is 3.34. The van der Waals surface area contributed by atoms with Gasteiger partial charge in [-0.25, -0.2) is 4.79 Å². The quantitative estimate of drug-likeness (QED) is 0.635. The maximum Gasteiger partial charge on any atom is 0.407 e. The van der Waals surface area contributed by atoms with Crippen LogP contribution in [0, 0.1) is 5.92 Å². The molecule has 0 unspecified atom stereocenters. The predicted octanol–water partition coefficient (Wildman–Crippen LogP) is 3.28. The van der Waals surface area contributed by atoms with Crippen molar-refractivity contribution in [1.82, 2.24) is 10.6 Å². The lowest BCUT2D eigenvalue weighted by Crippen LogP contribution is -2.44. The molecule has 31 heavy (non-hydrogen) atoms. The van der Waals surface area contributed by atoms with Crippen LogP contribution >= 0.6 is 0 Å². The number of amides is 2. The van der Waals surface area contributed by atoms with Gasteiger partial charge in [0.25, 0.3) is 0 Å². The lowest BCUT2D eigenvalue weighted by atomic mass is 9.98. The van der Waals surface area contributed by atoms with Crippen molar-refractivity contribution in [2.45, 2.75) is 37.6 Å². The Morgan fingerprint density at radius 1 is 0.968 bits per heavy atom. The number of carbonyl (C=O) groups excluding carboxylic acids is 2.